The van der Waals surface area contributed by atoms with E-state index in [1.807, 2.05) is 0 Å². The minimum Gasteiger partial charge on any atom is -0.294 e. The molecule has 1 saturated carbocycles. The van der Waals surface area contributed by atoms with Crippen molar-refractivity contribution in [1.29, 1.82) is 0 Å². The molecule has 0 spiro atoms. The summed E-state index contributed by atoms with van der Waals surface area (Å²) in [6, 6.07) is 3.12. The van der Waals surface area contributed by atoms with Gasteiger partial charge < -0.3 is 0 Å². The first-order valence-electron chi connectivity index (χ1n) is 4.36. The van der Waals surface area contributed by atoms with E-state index < -0.39 is 9.84 Å². The fraction of sp³-hybridized carbons (Fsp3) is 0.444. The average molecular weight is 230 g/mol. The van der Waals surface area contributed by atoms with Crippen LogP contribution in [0.4, 0.5) is 0 Å². The molecule has 1 fully saturated rings. The monoisotopic (exact) mass is 230 g/mol. The zero-order valence-corrected chi connectivity index (χ0v) is 9.32. The van der Waals surface area contributed by atoms with Crippen molar-refractivity contribution in [1.82, 2.24) is 0 Å². The zero-order valence-electron chi connectivity index (χ0n) is 7.69. The lowest BCUT2D eigenvalue weighted by molar-refractivity contribution is 0.102. The van der Waals surface area contributed by atoms with Gasteiger partial charge in [0.2, 0.25) is 0 Å². The minimum atomic E-state index is -3.11. The summed E-state index contributed by atoms with van der Waals surface area (Å²) in [5.41, 5.74) is 0. The van der Waals surface area contributed by atoms with Gasteiger partial charge in [-0.05, 0) is 31.9 Å². The molecule has 0 N–H and O–H groups in total. The molecule has 0 atom stereocenters. The highest BCUT2D eigenvalue weighted by Gasteiger charge is 2.37. The predicted molar refractivity (Wildman–Crippen MR) is 54.5 cm³/mol. The lowest BCUT2D eigenvalue weighted by Gasteiger charge is -1.95. The van der Waals surface area contributed by atoms with Gasteiger partial charge in [-0.15, -0.1) is 11.3 Å². The van der Waals surface area contributed by atoms with E-state index in [0.717, 1.165) is 24.2 Å². The molecule has 2 rings (SSSR count). The van der Waals surface area contributed by atoms with Crippen LogP contribution in [0.1, 0.15) is 29.4 Å². The summed E-state index contributed by atoms with van der Waals surface area (Å²) in [6.07, 6.45) is 1.52. The molecule has 0 radical (unpaired) electrons. The second-order valence-electron chi connectivity index (χ2n) is 3.42. The molecule has 0 bridgehead atoms. The molecule has 1 heterocycles. The highest BCUT2D eigenvalue weighted by Crippen LogP contribution is 2.36. The molecule has 1 aliphatic carbocycles. The van der Waals surface area contributed by atoms with Gasteiger partial charge in [0.1, 0.15) is 4.21 Å². The summed E-state index contributed by atoms with van der Waals surface area (Å²) in [7, 11) is -3.11. The van der Waals surface area contributed by atoms with E-state index in [9.17, 15) is 13.2 Å². The maximum atomic E-state index is 11.7. The second kappa shape index (κ2) is 3.17. The number of sulfone groups is 1. The van der Waals surface area contributed by atoms with E-state index in [1.165, 1.54) is 13.0 Å². The summed E-state index contributed by atoms with van der Waals surface area (Å²) in [5.74, 6) is -0.0766. The van der Waals surface area contributed by atoms with Gasteiger partial charge in [-0.3, -0.25) is 4.79 Å². The predicted octanol–water partition coefficient (Wildman–Crippen LogP) is 1.89. The third-order valence-corrected chi connectivity index (χ3v) is 6.15. The minimum absolute atomic E-state index is 0.0766. The molecule has 0 amide bonds. The SMILES string of the molecule is CC(=O)c1ccc(S(=O)(=O)C2CC2)s1. The van der Waals surface area contributed by atoms with Crippen LogP contribution in [0, 0.1) is 0 Å². The molecule has 5 heteroatoms. The van der Waals surface area contributed by atoms with Crippen LogP contribution in [0.3, 0.4) is 0 Å². The van der Waals surface area contributed by atoms with Crippen molar-refractivity contribution in [3.8, 4) is 0 Å². The van der Waals surface area contributed by atoms with Crippen molar-refractivity contribution in [2.75, 3.05) is 0 Å². The van der Waals surface area contributed by atoms with Crippen LogP contribution in [0.25, 0.3) is 0 Å². The van der Waals surface area contributed by atoms with Crippen molar-refractivity contribution < 1.29 is 13.2 Å². The van der Waals surface area contributed by atoms with Crippen molar-refractivity contribution >= 4 is 27.0 Å². The standard InChI is InChI=1S/C9H10O3S2/c1-6(10)8-4-5-9(13-8)14(11,12)7-2-3-7/h4-5,7H,2-3H2,1H3. The summed E-state index contributed by atoms with van der Waals surface area (Å²) in [6.45, 7) is 1.44. The van der Waals surface area contributed by atoms with Gasteiger partial charge in [0.15, 0.2) is 15.6 Å². The Morgan fingerprint density at radius 2 is 2.07 bits per heavy atom. The summed E-state index contributed by atoms with van der Waals surface area (Å²) in [4.78, 5) is 11.5. The van der Waals surface area contributed by atoms with Crippen LogP contribution in [-0.2, 0) is 9.84 Å². The number of ketones is 1. The van der Waals surface area contributed by atoms with Crippen LogP contribution >= 0.6 is 11.3 Å². The first kappa shape index (κ1) is 9.86. The van der Waals surface area contributed by atoms with Gasteiger partial charge in [-0.25, -0.2) is 8.42 Å². The third kappa shape index (κ3) is 1.62. The zero-order chi connectivity index (χ0) is 10.3. The van der Waals surface area contributed by atoms with Crippen LogP contribution in [0.5, 0.6) is 0 Å². The van der Waals surface area contributed by atoms with E-state index in [2.05, 4.69) is 0 Å². The molecular formula is C9H10O3S2. The van der Waals surface area contributed by atoms with Crippen LogP contribution in [-0.4, -0.2) is 19.5 Å². The number of hydrogen-bond donors (Lipinski definition) is 0. The molecule has 3 nitrogen and oxygen atoms in total. The molecule has 1 aromatic heterocycles. The van der Waals surface area contributed by atoms with E-state index in [0.29, 0.717) is 9.09 Å². The van der Waals surface area contributed by atoms with Gasteiger partial charge in [0, 0.05) is 0 Å². The van der Waals surface area contributed by atoms with Crippen LogP contribution in [0.2, 0.25) is 0 Å². The van der Waals surface area contributed by atoms with Gasteiger partial charge in [0.25, 0.3) is 0 Å². The summed E-state index contributed by atoms with van der Waals surface area (Å²) < 4.78 is 23.8. The Bertz CT molecular complexity index is 466. The Labute approximate surface area is 86.7 Å². The van der Waals surface area contributed by atoms with Crippen LogP contribution in [0.15, 0.2) is 16.3 Å². The van der Waals surface area contributed by atoms with Crippen molar-refractivity contribution in [2.45, 2.75) is 29.2 Å². The lowest BCUT2D eigenvalue weighted by atomic mass is 10.4. The molecule has 1 aromatic rings. The fourth-order valence-electron chi connectivity index (χ4n) is 1.20. The number of Topliss-reactive ketones (excluding diaryl/α,β-unsaturated/α-hetero) is 1. The molecule has 0 unspecified atom stereocenters. The molecule has 1 aliphatic rings. The Balaban J connectivity index is 2.37. The van der Waals surface area contributed by atoms with Crippen molar-refractivity contribution in [2.24, 2.45) is 0 Å². The Morgan fingerprint density at radius 3 is 2.50 bits per heavy atom. The number of rotatable bonds is 3. The van der Waals surface area contributed by atoms with Crippen molar-refractivity contribution in [3.63, 3.8) is 0 Å². The average Bonchev–Trinajstić information content (AvgIpc) is 2.82. The second-order valence-corrected chi connectivity index (χ2v) is 6.96. The first-order chi connectivity index (χ1) is 6.51. The van der Waals surface area contributed by atoms with Gasteiger partial charge >= 0.3 is 0 Å². The summed E-state index contributed by atoms with van der Waals surface area (Å²) in [5, 5.41) is -0.194. The Kier molecular flexibility index (Phi) is 2.23. The van der Waals surface area contributed by atoms with Crippen LogP contribution < -0.4 is 0 Å². The first-order valence-corrected chi connectivity index (χ1v) is 6.73. The molecule has 14 heavy (non-hydrogen) atoms. The number of hydrogen-bond acceptors (Lipinski definition) is 4. The Morgan fingerprint density at radius 1 is 1.43 bits per heavy atom. The highest BCUT2D eigenvalue weighted by atomic mass is 32.2. The molecule has 0 aromatic carbocycles. The lowest BCUT2D eigenvalue weighted by Crippen LogP contribution is -2.04. The van der Waals surface area contributed by atoms with E-state index in [1.54, 1.807) is 6.07 Å². The highest BCUT2D eigenvalue weighted by molar-refractivity contribution is 7.94. The molecule has 76 valence electrons. The normalized spacial score (nSPS) is 16.9. The third-order valence-electron chi connectivity index (χ3n) is 2.17. The van der Waals surface area contributed by atoms with Gasteiger partial charge in [0.05, 0.1) is 10.1 Å². The number of carbonyl (C=O) groups excluding carboxylic acids is 1. The molecule has 0 saturated heterocycles. The smallest absolute Gasteiger partial charge is 0.190 e. The molecule has 0 aliphatic heterocycles. The fourth-order valence-corrected chi connectivity index (χ4v) is 4.32. The summed E-state index contributed by atoms with van der Waals surface area (Å²) >= 11 is 1.08. The van der Waals surface area contributed by atoms with Gasteiger partial charge in [-0.1, -0.05) is 0 Å². The maximum absolute atomic E-state index is 11.7. The van der Waals surface area contributed by atoms with Gasteiger partial charge in [-0.2, -0.15) is 0 Å². The topological polar surface area (TPSA) is 51.2 Å². The quantitative estimate of drug-likeness (QED) is 0.745. The number of thiophene rings is 1. The maximum Gasteiger partial charge on any atom is 0.190 e. The molecular weight excluding hydrogens is 220 g/mol. The number of carbonyl (C=O) groups is 1. The van der Waals surface area contributed by atoms with E-state index >= 15 is 0 Å². The largest absolute Gasteiger partial charge is 0.294 e. The van der Waals surface area contributed by atoms with Crippen molar-refractivity contribution in [3.05, 3.63) is 17.0 Å². The van der Waals surface area contributed by atoms with E-state index in [-0.39, 0.29) is 11.0 Å². The van der Waals surface area contributed by atoms with E-state index in [4.69, 9.17) is 0 Å². The Hall–Kier alpha value is -0.680.